The molecular weight excluding hydrogens is 220 g/mol. The van der Waals surface area contributed by atoms with Gasteiger partial charge in [-0.1, -0.05) is 58.9 Å². The van der Waals surface area contributed by atoms with E-state index in [1.807, 2.05) is 0 Å². The average molecular weight is 248 g/mol. The van der Waals surface area contributed by atoms with E-state index in [0.717, 1.165) is 12.8 Å². The molecule has 0 saturated carbocycles. The van der Waals surface area contributed by atoms with Crippen LogP contribution in [0, 0.1) is 5.41 Å². The van der Waals surface area contributed by atoms with Gasteiger partial charge in [-0.2, -0.15) is 0 Å². The fourth-order valence-corrected chi connectivity index (χ4v) is 2.25. The molecule has 0 bridgehead atoms. The van der Waals surface area contributed by atoms with Crippen LogP contribution in [0.5, 0.6) is 0 Å². The minimum Gasteiger partial charge on any atom is -0.271 e. The highest BCUT2D eigenvalue weighted by Crippen LogP contribution is 2.23. The van der Waals surface area contributed by atoms with Crippen LogP contribution in [-0.2, 0) is 6.42 Å². The number of hydrogen-bond acceptors (Lipinski definition) is 2. The Balaban J connectivity index is 2.65. The van der Waals surface area contributed by atoms with Gasteiger partial charge in [0.05, 0.1) is 0 Å². The summed E-state index contributed by atoms with van der Waals surface area (Å²) < 4.78 is 0. The van der Waals surface area contributed by atoms with Crippen molar-refractivity contribution in [1.29, 1.82) is 0 Å². The highest BCUT2D eigenvalue weighted by atomic mass is 15.2. The Bertz CT molecular complexity index is 346. The van der Waals surface area contributed by atoms with E-state index in [-0.39, 0.29) is 0 Å². The second-order valence-corrected chi connectivity index (χ2v) is 6.73. The number of rotatable bonds is 5. The summed E-state index contributed by atoms with van der Waals surface area (Å²) in [5.74, 6) is 6.25. The van der Waals surface area contributed by atoms with E-state index >= 15 is 0 Å². The van der Waals surface area contributed by atoms with E-state index in [4.69, 9.17) is 5.84 Å². The number of nitrogens with one attached hydrogen (secondary N) is 1. The predicted molar refractivity (Wildman–Crippen MR) is 79.4 cm³/mol. The lowest BCUT2D eigenvalue weighted by Crippen LogP contribution is -2.39. The molecule has 1 aromatic carbocycles. The third-order valence-corrected chi connectivity index (χ3v) is 3.22. The topological polar surface area (TPSA) is 38.0 Å². The molecule has 102 valence electrons. The van der Waals surface area contributed by atoms with Gasteiger partial charge >= 0.3 is 0 Å². The third kappa shape index (κ3) is 5.19. The maximum atomic E-state index is 5.66. The quantitative estimate of drug-likeness (QED) is 0.617. The van der Waals surface area contributed by atoms with Crippen LogP contribution in [0.2, 0.25) is 0 Å². The molecule has 0 radical (unpaired) electrons. The van der Waals surface area contributed by atoms with Crippen molar-refractivity contribution in [3.63, 3.8) is 0 Å². The van der Waals surface area contributed by atoms with Gasteiger partial charge in [-0.25, -0.2) is 0 Å². The molecule has 2 heteroatoms. The molecule has 0 aliphatic rings. The van der Waals surface area contributed by atoms with E-state index in [9.17, 15) is 0 Å². The Morgan fingerprint density at radius 3 is 2.06 bits per heavy atom. The molecule has 0 aliphatic carbocycles. The number of benzene rings is 1. The average Bonchev–Trinajstić information content (AvgIpc) is 2.27. The molecule has 2 nitrogen and oxygen atoms in total. The third-order valence-electron chi connectivity index (χ3n) is 3.22. The van der Waals surface area contributed by atoms with Crippen LogP contribution in [0.25, 0.3) is 0 Å². The molecule has 0 fully saturated rings. The lowest BCUT2D eigenvalue weighted by molar-refractivity contribution is 0.308. The first-order valence-corrected chi connectivity index (χ1v) is 6.87. The van der Waals surface area contributed by atoms with Crippen LogP contribution in [0.3, 0.4) is 0 Å². The maximum Gasteiger partial charge on any atom is 0.0255 e. The second kappa shape index (κ2) is 6.35. The minimum atomic E-state index is 0.301. The first-order chi connectivity index (χ1) is 8.31. The van der Waals surface area contributed by atoms with E-state index in [1.54, 1.807) is 0 Å². The molecule has 1 rings (SSSR count). The van der Waals surface area contributed by atoms with E-state index < -0.39 is 0 Å². The minimum absolute atomic E-state index is 0.301. The van der Waals surface area contributed by atoms with Crippen LogP contribution < -0.4 is 11.3 Å². The van der Waals surface area contributed by atoms with Gasteiger partial charge in [-0.05, 0) is 35.3 Å². The summed E-state index contributed by atoms with van der Waals surface area (Å²) in [7, 11) is 0. The van der Waals surface area contributed by atoms with Crippen molar-refractivity contribution in [2.24, 2.45) is 11.3 Å². The lowest BCUT2D eigenvalue weighted by Gasteiger charge is -2.25. The molecule has 1 unspecified atom stereocenters. The monoisotopic (exact) mass is 248 g/mol. The van der Waals surface area contributed by atoms with Crippen LogP contribution >= 0.6 is 0 Å². The summed E-state index contributed by atoms with van der Waals surface area (Å²) in [6.45, 7) is 11.2. The number of nitrogens with two attached hydrogens (primary N) is 1. The Morgan fingerprint density at radius 1 is 1.11 bits per heavy atom. The summed E-state index contributed by atoms with van der Waals surface area (Å²) in [6.07, 6.45) is 2.07. The van der Waals surface area contributed by atoms with E-state index in [0.29, 0.717) is 17.4 Å². The fourth-order valence-electron chi connectivity index (χ4n) is 2.25. The standard InChI is InChI=1S/C16H28N2/c1-12(2)14-8-6-13(7-9-14)10-15(18-17)11-16(3,4)5/h6-9,12,15,18H,10-11,17H2,1-5H3. The Morgan fingerprint density at radius 2 is 1.67 bits per heavy atom. The van der Waals surface area contributed by atoms with Crippen molar-refractivity contribution in [2.45, 2.75) is 59.4 Å². The van der Waals surface area contributed by atoms with Gasteiger partial charge in [0.1, 0.15) is 0 Å². The number of hydrogen-bond donors (Lipinski definition) is 2. The Hall–Kier alpha value is -0.860. The molecule has 0 heterocycles. The van der Waals surface area contributed by atoms with Crippen LogP contribution in [0.1, 0.15) is 58.1 Å². The molecule has 0 amide bonds. The zero-order chi connectivity index (χ0) is 13.8. The first kappa shape index (κ1) is 15.2. The van der Waals surface area contributed by atoms with Gasteiger partial charge in [0.2, 0.25) is 0 Å². The molecule has 0 saturated heterocycles. The van der Waals surface area contributed by atoms with Crippen molar-refractivity contribution >= 4 is 0 Å². The molecule has 1 atom stereocenters. The van der Waals surface area contributed by atoms with Crippen LogP contribution in [-0.4, -0.2) is 6.04 Å². The lowest BCUT2D eigenvalue weighted by atomic mass is 9.86. The molecule has 18 heavy (non-hydrogen) atoms. The highest BCUT2D eigenvalue weighted by molar-refractivity contribution is 5.25. The van der Waals surface area contributed by atoms with Crippen LogP contribution in [0.4, 0.5) is 0 Å². The largest absolute Gasteiger partial charge is 0.271 e. The summed E-state index contributed by atoms with van der Waals surface area (Å²) in [4.78, 5) is 0. The van der Waals surface area contributed by atoms with Gasteiger partial charge in [-0.15, -0.1) is 0 Å². The van der Waals surface area contributed by atoms with Crippen molar-refractivity contribution in [2.75, 3.05) is 0 Å². The summed E-state index contributed by atoms with van der Waals surface area (Å²) >= 11 is 0. The maximum absolute atomic E-state index is 5.66. The molecule has 1 aromatic rings. The van der Waals surface area contributed by atoms with Crippen molar-refractivity contribution in [3.05, 3.63) is 35.4 Å². The van der Waals surface area contributed by atoms with Gasteiger partial charge < -0.3 is 0 Å². The van der Waals surface area contributed by atoms with Gasteiger partial charge in [0, 0.05) is 6.04 Å². The summed E-state index contributed by atoms with van der Waals surface area (Å²) in [5, 5.41) is 0. The SMILES string of the molecule is CC(C)c1ccc(CC(CC(C)(C)C)NN)cc1. The zero-order valence-corrected chi connectivity index (χ0v) is 12.5. The normalized spacial score (nSPS) is 13.9. The summed E-state index contributed by atoms with van der Waals surface area (Å²) in [6, 6.07) is 9.25. The van der Waals surface area contributed by atoms with Crippen molar-refractivity contribution in [3.8, 4) is 0 Å². The van der Waals surface area contributed by atoms with Crippen LogP contribution in [0.15, 0.2) is 24.3 Å². The van der Waals surface area contributed by atoms with E-state index in [2.05, 4.69) is 64.3 Å². The van der Waals surface area contributed by atoms with Crippen molar-refractivity contribution in [1.82, 2.24) is 5.43 Å². The highest BCUT2D eigenvalue weighted by Gasteiger charge is 2.18. The van der Waals surface area contributed by atoms with Gasteiger partial charge in [-0.3, -0.25) is 11.3 Å². The zero-order valence-electron chi connectivity index (χ0n) is 12.5. The molecule has 3 N–H and O–H groups in total. The summed E-state index contributed by atoms with van der Waals surface area (Å²) in [5.41, 5.74) is 5.99. The molecular formula is C16H28N2. The predicted octanol–water partition coefficient (Wildman–Crippen LogP) is 3.62. The first-order valence-electron chi connectivity index (χ1n) is 6.87. The van der Waals surface area contributed by atoms with Crippen molar-refractivity contribution < 1.29 is 0 Å². The van der Waals surface area contributed by atoms with Gasteiger partial charge in [0.25, 0.3) is 0 Å². The molecule has 0 spiro atoms. The molecule has 0 aliphatic heterocycles. The fraction of sp³-hybridized carbons (Fsp3) is 0.625. The Kier molecular flexibility index (Phi) is 5.36. The number of hydrazine groups is 1. The van der Waals surface area contributed by atoms with Gasteiger partial charge in [0.15, 0.2) is 0 Å². The molecule has 0 aromatic heterocycles. The Labute approximate surface area is 112 Å². The van der Waals surface area contributed by atoms with E-state index in [1.165, 1.54) is 11.1 Å². The second-order valence-electron chi connectivity index (χ2n) is 6.73. The smallest absolute Gasteiger partial charge is 0.0255 e.